The van der Waals surface area contributed by atoms with E-state index in [2.05, 4.69) is 21.2 Å². The Bertz CT molecular complexity index is 591. The van der Waals surface area contributed by atoms with Crippen molar-refractivity contribution in [3.05, 3.63) is 50.4 Å². The largest absolute Gasteiger partial charge is 0.322 e. The first kappa shape index (κ1) is 13.1. The molecule has 1 N–H and O–H groups in total. The number of amides is 1. The predicted molar refractivity (Wildman–Crippen MR) is 66.3 cm³/mol. The summed E-state index contributed by atoms with van der Waals surface area (Å²) < 4.78 is 39.3. The van der Waals surface area contributed by atoms with Crippen molar-refractivity contribution >= 4 is 38.9 Å². The molecule has 0 unspecified atom stereocenters. The number of nitrogens with one attached hydrogen (secondary N) is 1. The molecule has 18 heavy (non-hydrogen) atoms. The van der Waals surface area contributed by atoms with Crippen LogP contribution in [0, 0.1) is 17.5 Å². The Morgan fingerprint density at radius 3 is 2.28 bits per heavy atom. The average molecular weight is 336 g/mol. The Labute approximate surface area is 113 Å². The zero-order valence-electron chi connectivity index (χ0n) is 8.64. The summed E-state index contributed by atoms with van der Waals surface area (Å²) in [5.74, 6) is -4.79. The van der Waals surface area contributed by atoms with Gasteiger partial charge in [0, 0.05) is 23.2 Å². The summed E-state index contributed by atoms with van der Waals surface area (Å²) in [7, 11) is 0. The Morgan fingerprint density at radius 1 is 1.17 bits per heavy atom. The third-order valence-corrected chi connectivity index (χ3v) is 3.58. The summed E-state index contributed by atoms with van der Waals surface area (Å²) in [4.78, 5) is 11.7. The quantitative estimate of drug-likeness (QED) is 0.819. The fourth-order valence-electron chi connectivity index (χ4n) is 1.26. The highest BCUT2D eigenvalue weighted by molar-refractivity contribution is 9.11. The Hall–Kier alpha value is -1.34. The molecule has 0 fully saturated rings. The molecule has 2 nitrogen and oxygen atoms in total. The summed E-state index contributed by atoms with van der Waals surface area (Å²) in [5, 5.41) is 3.86. The van der Waals surface area contributed by atoms with Gasteiger partial charge in [0.05, 0.1) is 9.35 Å². The van der Waals surface area contributed by atoms with Crippen molar-refractivity contribution in [3.8, 4) is 0 Å². The first-order valence-corrected chi connectivity index (χ1v) is 6.34. The predicted octanol–water partition coefficient (Wildman–Crippen LogP) is 4.18. The van der Waals surface area contributed by atoms with E-state index in [-0.39, 0.29) is 5.69 Å². The van der Waals surface area contributed by atoms with Gasteiger partial charge in [0.15, 0.2) is 17.5 Å². The van der Waals surface area contributed by atoms with Crippen LogP contribution >= 0.6 is 27.3 Å². The van der Waals surface area contributed by atoms with Crippen molar-refractivity contribution in [1.82, 2.24) is 0 Å². The van der Waals surface area contributed by atoms with E-state index in [0.29, 0.717) is 5.56 Å². The van der Waals surface area contributed by atoms with E-state index in [0.717, 1.165) is 15.9 Å². The molecular weight excluding hydrogens is 331 g/mol. The van der Waals surface area contributed by atoms with Gasteiger partial charge in [-0.05, 0) is 22.0 Å². The molecule has 94 valence electrons. The van der Waals surface area contributed by atoms with E-state index >= 15 is 0 Å². The molecule has 7 heteroatoms. The molecule has 0 saturated heterocycles. The average Bonchev–Trinajstić information content (AvgIpc) is 2.72. The molecule has 1 amide bonds. The SMILES string of the molecule is O=C(Nc1cc(F)c(F)c(F)c1)c1csc(Br)c1. The second kappa shape index (κ2) is 5.11. The van der Waals surface area contributed by atoms with Crippen LogP contribution in [0.1, 0.15) is 10.4 Å². The number of thiophene rings is 1. The van der Waals surface area contributed by atoms with Gasteiger partial charge >= 0.3 is 0 Å². The van der Waals surface area contributed by atoms with Gasteiger partial charge in [-0.2, -0.15) is 0 Å². The number of benzene rings is 1. The topological polar surface area (TPSA) is 29.1 Å². The molecule has 1 aromatic heterocycles. The number of rotatable bonds is 2. The van der Waals surface area contributed by atoms with Crippen molar-refractivity contribution in [2.24, 2.45) is 0 Å². The van der Waals surface area contributed by atoms with Crippen LogP contribution < -0.4 is 5.32 Å². The van der Waals surface area contributed by atoms with E-state index in [1.165, 1.54) is 11.3 Å². The molecular formula is C11H5BrF3NOS. The van der Waals surface area contributed by atoms with Crippen molar-refractivity contribution in [2.45, 2.75) is 0 Å². The maximum atomic E-state index is 12.9. The van der Waals surface area contributed by atoms with Gasteiger partial charge in [0.25, 0.3) is 5.91 Å². The molecule has 1 aromatic carbocycles. The van der Waals surface area contributed by atoms with Crippen LogP contribution in [0.5, 0.6) is 0 Å². The highest BCUT2D eigenvalue weighted by Gasteiger charge is 2.13. The normalized spacial score (nSPS) is 10.4. The van der Waals surface area contributed by atoms with E-state index < -0.39 is 23.4 Å². The Balaban J connectivity index is 2.22. The first-order chi connectivity index (χ1) is 8.47. The molecule has 0 spiro atoms. The Morgan fingerprint density at radius 2 is 1.78 bits per heavy atom. The van der Waals surface area contributed by atoms with E-state index in [1.54, 1.807) is 11.4 Å². The maximum absolute atomic E-state index is 12.9. The van der Waals surface area contributed by atoms with Crippen LogP contribution in [0.25, 0.3) is 0 Å². The first-order valence-electron chi connectivity index (χ1n) is 4.67. The Kier molecular flexibility index (Phi) is 3.72. The monoisotopic (exact) mass is 335 g/mol. The highest BCUT2D eigenvalue weighted by Crippen LogP contribution is 2.22. The summed E-state index contributed by atoms with van der Waals surface area (Å²) in [6.45, 7) is 0. The zero-order valence-corrected chi connectivity index (χ0v) is 11.0. The molecule has 0 aliphatic rings. The van der Waals surface area contributed by atoms with Gasteiger partial charge in [-0.25, -0.2) is 13.2 Å². The number of carbonyl (C=O) groups excluding carboxylic acids is 1. The third-order valence-electron chi connectivity index (χ3n) is 2.07. The van der Waals surface area contributed by atoms with Gasteiger partial charge in [-0.1, -0.05) is 0 Å². The lowest BCUT2D eigenvalue weighted by atomic mass is 10.2. The van der Waals surface area contributed by atoms with Crippen LogP contribution in [0.3, 0.4) is 0 Å². The molecule has 1 heterocycles. The minimum absolute atomic E-state index is 0.140. The lowest BCUT2D eigenvalue weighted by Crippen LogP contribution is -2.11. The van der Waals surface area contributed by atoms with Crippen LogP contribution in [-0.2, 0) is 0 Å². The number of hydrogen-bond acceptors (Lipinski definition) is 2. The fourth-order valence-corrected chi connectivity index (χ4v) is 2.40. The summed E-state index contributed by atoms with van der Waals surface area (Å²) in [5.41, 5.74) is 0.204. The van der Waals surface area contributed by atoms with Crippen LogP contribution in [0.2, 0.25) is 0 Å². The third kappa shape index (κ3) is 2.73. The molecule has 0 radical (unpaired) electrons. The summed E-state index contributed by atoms with van der Waals surface area (Å²) in [6, 6.07) is 3.01. The minimum Gasteiger partial charge on any atom is -0.322 e. The minimum atomic E-state index is -1.56. The number of hydrogen-bond donors (Lipinski definition) is 1. The van der Waals surface area contributed by atoms with Crippen molar-refractivity contribution in [2.75, 3.05) is 5.32 Å². The lowest BCUT2D eigenvalue weighted by molar-refractivity contribution is 0.102. The standard InChI is InChI=1S/C11H5BrF3NOS/c12-9-1-5(4-18-9)11(17)16-6-2-7(13)10(15)8(14)3-6/h1-4H,(H,16,17). The zero-order chi connectivity index (χ0) is 13.3. The molecule has 0 saturated carbocycles. The van der Waals surface area contributed by atoms with Gasteiger partial charge in [-0.3, -0.25) is 4.79 Å². The number of anilines is 1. The van der Waals surface area contributed by atoms with Crippen LogP contribution in [0.15, 0.2) is 27.4 Å². The van der Waals surface area contributed by atoms with Gasteiger partial charge < -0.3 is 5.32 Å². The van der Waals surface area contributed by atoms with Gasteiger partial charge in [0.1, 0.15) is 0 Å². The van der Waals surface area contributed by atoms with E-state index in [1.807, 2.05) is 0 Å². The van der Waals surface area contributed by atoms with Crippen LogP contribution in [-0.4, -0.2) is 5.91 Å². The molecule has 0 aliphatic heterocycles. The van der Waals surface area contributed by atoms with Crippen molar-refractivity contribution in [3.63, 3.8) is 0 Å². The van der Waals surface area contributed by atoms with Gasteiger partial charge in [-0.15, -0.1) is 11.3 Å². The van der Waals surface area contributed by atoms with Gasteiger partial charge in [0.2, 0.25) is 0 Å². The summed E-state index contributed by atoms with van der Waals surface area (Å²) >= 11 is 4.49. The maximum Gasteiger partial charge on any atom is 0.256 e. The summed E-state index contributed by atoms with van der Waals surface area (Å²) in [6.07, 6.45) is 0. The van der Waals surface area contributed by atoms with Crippen molar-refractivity contribution < 1.29 is 18.0 Å². The molecule has 2 aromatic rings. The highest BCUT2D eigenvalue weighted by atomic mass is 79.9. The molecule has 0 aliphatic carbocycles. The van der Waals surface area contributed by atoms with E-state index in [4.69, 9.17) is 0 Å². The molecule has 2 rings (SSSR count). The van der Waals surface area contributed by atoms with Crippen molar-refractivity contribution in [1.29, 1.82) is 0 Å². The lowest BCUT2D eigenvalue weighted by Gasteiger charge is -2.05. The fraction of sp³-hybridized carbons (Fsp3) is 0. The van der Waals surface area contributed by atoms with E-state index in [9.17, 15) is 18.0 Å². The number of halogens is 4. The second-order valence-electron chi connectivity index (χ2n) is 3.35. The van der Waals surface area contributed by atoms with Crippen LogP contribution in [0.4, 0.5) is 18.9 Å². The molecule has 0 atom stereocenters. The molecule has 0 bridgehead atoms. The second-order valence-corrected chi connectivity index (χ2v) is 5.64. The number of carbonyl (C=O) groups is 1. The smallest absolute Gasteiger partial charge is 0.256 e.